The number of hydrogen-bond acceptors (Lipinski definition) is 2. The third-order valence-corrected chi connectivity index (χ3v) is 1.85. The van der Waals surface area contributed by atoms with Gasteiger partial charge in [-0.1, -0.05) is 6.92 Å². The zero-order valence-electron chi connectivity index (χ0n) is 4.00. The minimum absolute atomic E-state index is 0.0382. The summed E-state index contributed by atoms with van der Waals surface area (Å²) in [4.78, 5) is 17.9. The average molecular weight is 122 g/mol. The van der Waals surface area contributed by atoms with Crippen molar-refractivity contribution >= 4 is 13.4 Å². The van der Waals surface area contributed by atoms with Gasteiger partial charge < -0.3 is 4.89 Å². The smallest absolute Gasteiger partial charge is 0.260 e. The van der Waals surface area contributed by atoms with Gasteiger partial charge in [-0.15, -0.1) is 0 Å². The molecule has 0 aliphatic carbocycles. The summed E-state index contributed by atoms with van der Waals surface area (Å²) in [6, 6.07) is 0.104. The molecule has 0 amide bonds. The topological polar surface area (TPSA) is 54.4 Å². The van der Waals surface area contributed by atoms with E-state index in [-0.39, 0.29) is 12.2 Å². The lowest BCUT2D eigenvalue weighted by Gasteiger charge is -1.93. The van der Waals surface area contributed by atoms with E-state index in [1.165, 1.54) is 6.92 Å². The van der Waals surface area contributed by atoms with E-state index in [0.29, 0.717) is 0 Å². The van der Waals surface area contributed by atoms with Crippen molar-refractivity contribution < 1.29 is 14.3 Å². The minimum atomic E-state index is -3.33. The van der Waals surface area contributed by atoms with Crippen LogP contribution in [-0.4, -0.2) is 17.1 Å². The summed E-state index contributed by atoms with van der Waals surface area (Å²) in [6.45, 7) is 1.50. The molecule has 0 radical (unpaired) electrons. The highest BCUT2D eigenvalue weighted by Crippen LogP contribution is 2.34. The molecule has 0 aromatic rings. The van der Waals surface area contributed by atoms with Crippen LogP contribution in [0.25, 0.3) is 0 Å². The van der Waals surface area contributed by atoms with Gasteiger partial charge in [0.05, 0.1) is 0 Å². The molecule has 1 N–H and O–H groups in total. The average Bonchev–Trinajstić information content (AvgIpc) is 1.68. The molecule has 0 aromatic carbocycles. The molecule has 7 heavy (non-hydrogen) atoms. The normalized spacial score (nSPS) is 18.0. The van der Waals surface area contributed by atoms with Gasteiger partial charge in [-0.3, -0.25) is 9.36 Å². The molecule has 0 saturated heterocycles. The van der Waals surface area contributed by atoms with Crippen LogP contribution < -0.4 is 0 Å². The molecule has 4 heteroatoms. The predicted molar refractivity (Wildman–Crippen MR) is 27.1 cm³/mol. The zero-order valence-corrected chi connectivity index (χ0v) is 4.89. The second-order valence-corrected chi connectivity index (χ2v) is 3.53. The number of hydrogen-bond donors (Lipinski definition) is 1. The van der Waals surface area contributed by atoms with Crippen molar-refractivity contribution in [1.82, 2.24) is 0 Å². The summed E-state index contributed by atoms with van der Waals surface area (Å²) < 4.78 is 10.1. The number of carbonyl (C=O) groups is 1. The Hall–Kier alpha value is -0.140. The molecule has 0 saturated carbocycles. The van der Waals surface area contributed by atoms with Gasteiger partial charge in [0.2, 0.25) is 6.03 Å². The first-order chi connectivity index (χ1) is 3.12. The lowest BCUT2D eigenvalue weighted by molar-refractivity contribution is 0.483. The highest BCUT2D eigenvalue weighted by molar-refractivity contribution is 7.72. The Morgan fingerprint density at radius 3 is 2.29 bits per heavy atom. The minimum Gasteiger partial charge on any atom is -0.339 e. The van der Waals surface area contributed by atoms with Crippen molar-refractivity contribution in [2.75, 3.05) is 6.16 Å². The molecule has 0 aromatic heterocycles. The summed E-state index contributed by atoms with van der Waals surface area (Å²) in [6.07, 6.45) is 0.0382. The molecule has 0 spiro atoms. The van der Waals surface area contributed by atoms with Crippen LogP contribution in [0, 0.1) is 0 Å². The first-order valence-electron chi connectivity index (χ1n) is 1.90. The van der Waals surface area contributed by atoms with E-state index < -0.39 is 7.37 Å². The van der Waals surface area contributed by atoms with E-state index in [2.05, 4.69) is 0 Å². The second-order valence-electron chi connectivity index (χ2n) is 1.18. The van der Waals surface area contributed by atoms with E-state index in [4.69, 9.17) is 4.89 Å². The van der Waals surface area contributed by atoms with E-state index in [9.17, 15) is 9.36 Å². The molecule has 3 nitrogen and oxygen atoms in total. The van der Waals surface area contributed by atoms with Crippen LogP contribution >= 0.6 is 7.37 Å². The van der Waals surface area contributed by atoms with Crippen LogP contribution in [0.3, 0.4) is 0 Å². The maximum absolute atomic E-state index is 10.1. The fourth-order valence-electron chi connectivity index (χ4n) is 0.0745. The van der Waals surface area contributed by atoms with Crippen LogP contribution in [-0.2, 0) is 9.36 Å². The molecule has 1 unspecified atom stereocenters. The first kappa shape index (κ1) is 6.86. The molecule has 1 atom stereocenters. The van der Waals surface area contributed by atoms with Gasteiger partial charge in [-0.2, -0.15) is 0 Å². The van der Waals surface area contributed by atoms with Gasteiger partial charge in [0.1, 0.15) is 0 Å². The quantitative estimate of drug-likeness (QED) is 0.427. The van der Waals surface area contributed by atoms with Crippen LogP contribution in [0.15, 0.2) is 0 Å². The van der Waals surface area contributed by atoms with Crippen LogP contribution in [0.2, 0.25) is 0 Å². The standard InChI is InChI=1S/C3H7O3P/c1-2-7(5,6)3-4/h3H,2H2,1H3,(H,5,6). The Morgan fingerprint density at radius 1 is 1.86 bits per heavy atom. The Labute approximate surface area is 41.8 Å². The lowest BCUT2D eigenvalue weighted by atomic mass is 11.0. The fraction of sp³-hybridized carbons (Fsp3) is 0.667. The highest BCUT2D eigenvalue weighted by Gasteiger charge is 2.10. The first-order valence-corrected chi connectivity index (χ1v) is 3.81. The summed E-state index contributed by atoms with van der Waals surface area (Å²) in [5.74, 6) is 0. The summed E-state index contributed by atoms with van der Waals surface area (Å²) in [5.41, 5.74) is 0. The van der Waals surface area contributed by atoms with E-state index in [1.807, 2.05) is 0 Å². The van der Waals surface area contributed by atoms with Crippen LogP contribution in [0.1, 0.15) is 6.92 Å². The molecule has 0 aliphatic heterocycles. The third-order valence-electron chi connectivity index (χ3n) is 0.618. The monoisotopic (exact) mass is 122 g/mol. The van der Waals surface area contributed by atoms with Crippen molar-refractivity contribution in [3.8, 4) is 0 Å². The van der Waals surface area contributed by atoms with Crippen LogP contribution in [0.5, 0.6) is 0 Å². The Balaban J connectivity index is 3.85. The fourth-order valence-corrected chi connectivity index (χ4v) is 0.224. The molecule has 0 aliphatic rings. The van der Waals surface area contributed by atoms with Crippen LogP contribution in [0.4, 0.5) is 0 Å². The molecule has 42 valence electrons. The number of carbonyl (C=O) groups excluding carboxylic acids is 1. The van der Waals surface area contributed by atoms with Crippen molar-refractivity contribution in [3.05, 3.63) is 0 Å². The number of rotatable bonds is 2. The van der Waals surface area contributed by atoms with E-state index in [1.54, 1.807) is 0 Å². The van der Waals surface area contributed by atoms with Gasteiger partial charge in [-0.05, 0) is 0 Å². The molecule has 0 bridgehead atoms. The molecule has 0 heterocycles. The van der Waals surface area contributed by atoms with Gasteiger partial charge in [0.25, 0.3) is 7.37 Å². The predicted octanol–water partition coefficient (Wildman–Crippen LogP) is 0.467. The van der Waals surface area contributed by atoms with Crippen molar-refractivity contribution in [3.63, 3.8) is 0 Å². The van der Waals surface area contributed by atoms with Crippen molar-refractivity contribution in [2.45, 2.75) is 6.92 Å². The largest absolute Gasteiger partial charge is 0.339 e. The van der Waals surface area contributed by atoms with Crippen molar-refractivity contribution in [2.24, 2.45) is 0 Å². The zero-order chi connectivity index (χ0) is 5.91. The van der Waals surface area contributed by atoms with Gasteiger partial charge in [0.15, 0.2) is 0 Å². The Kier molecular flexibility index (Phi) is 2.20. The maximum Gasteiger partial charge on any atom is 0.260 e. The molecular formula is C3H7O3P. The maximum atomic E-state index is 10.1. The second kappa shape index (κ2) is 2.24. The summed E-state index contributed by atoms with van der Waals surface area (Å²) in [7, 11) is -3.33. The Morgan fingerprint density at radius 2 is 2.29 bits per heavy atom. The SMILES string of the molecule is CCP(=O)(O)C=O. The van der Waals surface area contributed by atoms with Gasteiger partial charge in [-0.25, -0.2) is 0 Å². The summed E-state index contributed by atoms with van der Waals surface area (Å²) >= 11 is 0. The Bertz CT molecular complexity index is 109. The molecule has 0 fully saturated rings. The third kappa shape index (κ3) is 2.54. The molecule has 0 rings (SSSR count). The van der Waals surface area contributed by atoms with Gasteiger partial charge in [0, 0.05) is 6.16 Å². The molecular weight excluding hydrogens is 115 g/mol. The lowest BCUT2D eigenvalue weighted by Crippen LogP contribution is -1.81. The highest BCUT2D eigenvalue weighted by atomic mass is 31.2. The van der Waals surface area contributed by atoms with E-state index >= 15 is 0 Å². The van der Waals surface area contributed by atoms with Crippen molar-refractivity contribution in [1.29, 1.82) is 0 Å². The van der Waals surface area contributed by atoms with E-state index in [0.717, 1.165) is 0 Å². The summed E-state index contributed by atoms with van der Waals surface area (Å²) in [5, 5.41) is 0. The van der Waals surface area contributed by atoms with Gasteiger partial charge >= 0.3 is 0 Å².